The summed E-state index contributed by atoms with van der Waals surface area (Å²) >= 11 is 1.68. The fourth-order valence-corrected chi connectivity index (χ4v) is 3.10. The van der Waals surface area contributed by atoms with Crippen LogP contribution in [0.25, 0.3) is 0 Å². The molecule has 0 saturated carbocycles. The van der Waals surface area contributed by atoms with Crippen LogP contribution in [0.1, 0.15) is 45.2 Å². The molecule has 0 radical (unpaired) electrons. The summed E-state index contributed by atoms with van der Waals surface area (Å²) in [4.78, 5) is 14.5. The Morgan fingerprint density at radius 3 is 2.83 bits per heavy atom. The Labute approximate surface area is 113 Å². The molecule has 18 heavy (non-hydrogen) atoms. The van der Waals surface area contributed by atoms with E-state index < -0.39 is 6.04 Å². The van der Waals surface area contributed by atoms with Crippen molar-refractivity contribution in [1.82, 2.24) is 4.90 Å². The average Bonchev–Trinajstić information content (AvgIpc) is 2.95. The molecule has 1 aromatic heterocycles. The maximum Gasteiger partial charge on any atom is 0.240 e. The van der Waals surface area contributed by atoms with E-state index in [1.54, 1.807) is 11.3 Å². The first-order valence-corrected chi connectivity index (χ1v) is 7.43. The third-order valence-electron chi connectivity index (χ3n) is 3.66. The van der Waals surface area contributed by atoms with E-state index in [0.29, 0.717) is 0 Å². The van der Waals surface area contributed by atoms with Crippen LogP contribution in [0, 0.1) is 5.41 Å². The average molecular weight is 266 g/mol. The fraction of sp³-hybridized carbons (Fsp3) is 0.643. The summed E-state index contributed by atoms with van der Waals surface area (Å²) in [6.45, 7) is 6.89. The predicted octanol–water partition coefficient (Wildman–Crippen LogP) is 2.79. The zero-order chi connectivity index (χ0) is 13.3. The van der Waals surface area contributed by atoms with Crippen LogP contribution in [0.2, 0.25) is 0 Å². The zero-order valence-electron chi connectivity index (χ0n) is 11.3. The molecule has 2 heterocycles. The molecule has 3 nitrogen and oxygen atoms in total. The maximum absolute atomic E-state index is 12.5. The molecule has 4 heteroatoms. The highest BCUT2D eigenvalue weighted by Crippen LogP contribution is 2.34. The van der Waals surface area contributed by atoms with Crippen LogP contribution in [0.5, 0.6) is 0 Å². The minimum atomic E-state index is -0.420. The molecular formula is C14H22N2OS. The van der Waals surface area contributed by atoms with Gasteiger partial charge in [-0.05, 0) is 40.6 Å². The van der Waals surface area contributed by atoms with Crippen molar-refractivity contribution in [3.05, 3.63) is 22.4 Å². The highest BCUT2D eigenvalue weighted by Gasteiger charge is 2.37. The van der Waals surface area contributed by atoms with E-state index in [9.17, 15) is 4.79 Å². The molecule has 100 valence electrons. The fourth-order valence-electron chi connectivity index (χ4n) is 2.39. The van der Waals surface area contributed by atoms with Gasteiger partial charge in [-0.3, -0.25) is 4.79 Å². The number of amides is 1. The van der Waals surface area contributed by atoms with Crippen LogP contribution >= 0.6 is 11.3 Å². The topological polar surface area (TPSA) is 46.3 Å². The molecule has 0 spiro atoms. The first-order chi connectivity index (χ1) is 8.41. The Hall–Kier alpha value is -0.870. The Kier molecular flexibility index (Phi) is 3.78. The molecule has 1 saturated heterocycles. The normalized spacial score (nSPS) is 22.2. The van der Waals surface area contributed by atoms with Crippen LogP contribution in [-0.2, 0) is 4.79 Å². The molecule has 1 aliphatic heterocycles. The van der Waals surface area contributed by atoms with Gasteiger partial charge >= 0.3 is 0 Å². The number of nitrogens with two attached hydrogens (primary N) is 1. The number of thiophene rings is 1. The molecule has 0 aromatic carbocycles. The van der Waals surface area contributed by atoms with Crippen LogP contribution in [0.3, 0.4) is 0 Å². The smallest absolute Gasteiger partial charge is 0.240 e. The lowest BCUT2D eigenvalue weighted by Gasteiger charge is -2.33. The lowest BCUT2D eigenvalue weighted by molar-refractivity contribution is -0.135. The van der Waals surface area contributed by atoms with Crippen molar-refractivity contribution in [3.63, 3.8) is 0 Å². The van der Waals surface area contributed by atoms with E-state index in [-0.39, 0.29) is 17.4 Å². The molecule has 2 atom stereocenters. The van der Waals surface area contributed by atoms with E-state index in [0.717, 1.165) is 19.4 Å². The van der Waals surface area contributed by atoms with E-state index in [4.69, 9.17) is 5.73 Å². The first kappa shape index (κ1) is 13.6. The number of hydrogen-bond donors (Lipinski definition) is 1. The SMILES string of the molecule is CC(C)(C)[C@@H](N)C(=O)N1CCCC1c1ccsc1. The second kappa shape index (κ2) is 5.02. The molecule has 1 fully saturated rings. The highest BCUT2D eigenvalue weighted by molar-refractivity contribution is 7.07. The molecule has 1 unspecified atom stereocenters. The van der Waals surface area contributed by atoms with Gasteiger partial charge in [0, 0.05) is 6.54 Å². The van der Waals surface area contributed by atoms with Crippen LogP contribution in [0.15, 0.2) is 16.8 Å². The summed E-state index contributed by atoms with van der Waals surface area (Å²) in [5.41, 5.74) is 7.18. The lowest BCUT2D eigenvalue weighted by atomic mass is 9.86. The molecule has 2 N–H and O–H groups in total. The summed E-state index contributed by atoms with van der Waals surface area (Å²) in [6, 6.07) is 1.93. The standard InChI is InChI=1S/C14H22N2OS/c1-14(2,3)12(15)13(17)16-7-4-5-11(16)10-6-8-18-9-10/h6,8-9,11-12H,4-5,7,15H2,1-3H3/t11?,12-/m0/s1. The number of likely N-dealkylation sites (tertiary alicyclic amines) is 1. The summed E-state index contributed by atoms with van der Waals surface area (Å²) < 4.78 is 0. The number of nitrogens with zero attached hydrogens (tertiary/aromatic N) is 1. The maximum atomic E-state index is 12.5. The van der Waals surface area contributed by atoms with E-state index in [1.807, 2.05) is 25.7 Å². The van der Waals surface area contributed by atoms with Gasteiger partial charge in [-0.25, -0.2) is 0 Å². The second-order valence-corrected chi connectivity index (χ2v) is 6.87. The third kappa shape index (κ3) is 2.59. The van der Waals surface area contributed by atoms with Crippen molar-refractivity contribution in [2.45, 2.75) is 45.7 Å². The lowest BCUT2D eigenvalue weighted by Crippen LogP contribution is -2.50. The molecular weight excluding hydrogens is 244 g/mol. The zero-order valence-corrected chi connectivity index (χ0v) is 12.2. The molecule has 0 bridgehead atoms. The largest absolute Gasteiger partial charge is 0.334 e. The first-order valence-electron chi connectivity index (χ1n) is 6.49. The van der Waals surface area contributed by atoms with Crippen LogP contribution in [-0.4, -0.2) is 23.4 Å². The highest BCUT2D eigenvalue weighted by atomic mass is 32.1. The Morgan fingerprint density at radius 2 is 2.28 bits per heavy atom. The predicted molar refractivity (Wildman–Crippen MR) is 75.4 cm³/mol. The van der Waals surface area contributed by atoms with E-state index >= 15 is 0 Å². The molecule has 0 aliphatic carbocycles. The Bertz CT molecular complexity index is 408. The molecule has 1 aromatic rings. The quantitative estimate of drug-likeness (QED) is 0.894. The number of carbonyl (C=O) groups is 1. The van der Waals surface area contributed by atoms with Gasteiger partial charge in [-0.15, -0.1) is 0 Å². The van der Waals surface area contributed by atoms with Crippen LogP contribution in [0.4, 0.5) is 0 Å². The van der Waals surface area contributed by atoms with Gasteiger partial charge in [0.15, 0.2) is 0 Å². The summed E-state index contributed by atoms with van der Waals surface area (Å²) in [5.74, 6) is 0.0937. The number of rotatable bonds is 2. The van der Waals surface area contributed by atoms with Crippen molar-refractivity contribution >= 4 is 17.2 Å². The van der Waals surface area contributed by atoms with Gasteiger partial charge in [0.05, 0.1) is 12.1 Å². The van der Waals surface area contributed by atoms with Gasteiger partial charge in [-0.1, -0.05) is 20.8 Å². The number of carbonyl (C=O) groups excluding carboxylic acids is 1. The monoisotopic (exact) mass is 266 g/mol. The minimum Gasteiger partial charge on any atom is -0.334 e. The van der Waals surface area contributed by atoms with Crippen molar-refractivity contribution in [2.75, 3.05) is 6.54 Å². The Balaban J connectivity index is 2.15. The summed E-state index contributed by atoms with van der Waals surface area (Å²) in [6.07, 6.45) is 2.13. The van der Waals surface area contributed by atoms with Gasteiger partial charge < -0.3 is 10.6 Å². The van der Waals surface area contributed by atoms with E-state index in [2.05, 4.69) is 16.8 Å². The molecule has 2 rings (SSSR count). The third-order valence-corrected chi connectivity index (χ3v) is 4.36. The molecule has 1 aliphatic rings. The van der Waals surface area contributed by atoms with Gasteiger partial charge in [0.1, 0.15) is 0 Å². The van der Waals surface area contributed by atoms with Crippen molar-refractivity contribution in [3.8, 4) is 0 Å². The van der Waals surface area contributed by atoms with Gasteiger partial charge in [0.2, 0.25) is 5.91 Å². The van der Waals surface area contributed by atoms with Gasteiger partial charge in [0.25, 0.3) is 0 Å². The van der Waals surface area contributed by atoms with E-state index in [1.165, 1.54) is 5.56 Å². The second-order valence-electron chi connectivity index (χ2n) is 6.09. The summed E-state index contributed by atoms with van der Waals surface area (Å²) in [5, 5.41) is 4.21. The summed E-state index contributed by atoms with van der Waals surface area (Å²) in [7, 11) is 0. The minimum absolute atomic E-state index is 0.0937. The van der Waals surface area contributed by atoms with Crippen molar-refractivity contribution in [1.29, 1.82) is 0 Å². The van der Waals surface area contributed by atoms with Crippen molar-refractivity contribution < 1.29 is 4.79 Å². The number of hydrogen-bond acceptors (Lipinski definition) is 3. The Morgan fingerprint density at radius 1 is 1.56 bits per heavy atom. The molecule has 1 amide bonds. The van der Waals surface area contributed by atoms with Crippen LogP contribution < -0.4 is 5.73 Å². The van der Waals surface area contributed by atoms with Crippen molar-refractivity contribution in [2.24, 2.45) is 11.1 Å². The van der Waals surface area contributed by atoms with Gasteiger partial charge in [-0.2, -0.15) is 11.3 Å².